The summed E-state index contributed by atoms with van der Waals surface area (Å²) in [5.41, 5.74) is 7.64. The largest absolute Gasteiger partial charge is 0.489 e. The van der Waals surface area contributed by atoms with Crippen molar-refractivity contribution in [3.8, 4) is 11.4 Å². The number of nitrogens with two attached hydrogens (primary N) is 1. The number of anilines is 2. The summed E-state index contributed by atoms with van der Waals surface area (Å²) in [5.74, 6) is 1.79. The minimum absolute atomic E-state index is 0.116. The number of aliphatic hydroxyl groups excluding tert-OH is 1. The number of aromatic nitrogens is 5. The number of fused-ring (bicyclic) bond motifs is 1. The van der Waals surface area contributed by atoms with Crippen LogP contribution in [0.2, 0.25) is 0 Å². The molecule has 5 N–H and O–H groups in total. The number of hydrogen-bond acceptors (Lipinski definition) is 10. The number of nitrogen functional groups attached to an aromatic ring is 1. The van der Waals surface area contributed by atoms with Crippen LogP contribution in [0.15, 0.2) is 70.5 Å². The van der Waals surface area contributed by atoms with Crippen molar-refractivity contribution in [1.82, 2.24) is 30.1 Å². The molecule has 1 aliphatic heterocycles. The summed E-state index contributed by atoms with van der Waals surface area (Å²) < 4.78 is 37.8. The standard InChI is InChI=1S/C32H40N8O5S/c33-31-16-8-24(19-35-31)29(41)21-34-20-27-13-7-23-18-28(14-15-30(23)45-27)46(43,44)36-25-9-11-26(12-10-25)40-32(42)39(37-38-40)17-3-6-22-4-1-2-5-22/h8-12,14-16,18-19,22,27,29,34,36,41H,1-7,13,17,20-21H2,(H2,33,35)/t27-,29-/m0/s1. The molecule has 2 aromatic carbocycles. The molecule has 2 atom stereocenters. The van der Waals surface area contributed by atoms with Crippen LogP contribution >= 0.6 is 0 Å². The molecule has 1 fully saturated rings. The van der Waals surface area contributed by atoms with Crippen LogP contribution in [0.3, 0.4) is 0 Å². The van der Waals surface area contributed by atoms with Crippen molar-refractivity contribution >= 4 is 21.5 Å². The molecular formula is C32H40N8O5S. The second kappa shape index (κ2) is 14.0. The van der Waals surface area contributed by atoms with Gasteiger partial charge in [-0.2, -0.15) is 9.36 Å². The van der Waals surface area contributed by atoms with Crippen molar-refractivity contribution in [2.75, 3.05) is 23.5 Å². The molecule has 6 rings (SSSR count). The molecule has 0 unspecified atom stereocenters. The number of benzene rings is 2. The van der Waals surface area contributed by atoms with Crippen LogP contribution in [0.4, 0.5) is 11.5 Å². The van der Waals surface area contributed by atoms with Gasteiger partial charge in [0.2, 0.25) is 0 Å². The SMILES string of the molecule is Nc1ccc([C@@H](O)CNC[C@@H]2CCc3cc(S(=O)(=O)Nc4ccc(-n5nnn(CCCC6CCCC6)c5=O)cc4)ccc3O2)cn1. The molecule has 244 valence electrons. The molecule has 2 aromatic heterocycles. The minimum Gasteiger partial charge on any atom is -0.489 e. The molecular weight excluding hydrogens is 608 g/mol. The van der Waals surface area contributed by atoms with Gasteiger partial charge in [0.25, 0.3) is 10.0 Å². The van der Waals surface area contributed by atoms with E-state index in [1.54, 1.807) is 54.7 Å². The van der Waals surface area contributed by atoms with Gasteiger partial charge in [0.05, 0.1) is 16.7 Å². The average Bonchev–Trinajstić information content (AvgIpc) is 3.71. The Kier molecular flexibility index (Phi) is 9.66. The Balaban J connectivity index is 1.01. The van der Waals surface area contributed by atoms with Gasteiger partial charge in [0.1, 0.15) is 17.7 Å². The second-order valence-corrected chi connectivity index (χ2v) is 13.8. The maximum absolute atomic E-state index is 13.2. The summed E-state index contributed by atoms with van der Waals surface area (Å²) in [7, 11) is -3.87. The van der Waals surface area contributed by atoms with E-state index in [1.165, 1.54) is 41.1 Å². The molecule has 0 saturated heterocycles. The molecule has 0 amide bonds. The third kappa shape index (κ3) is 7.57. The number of rotatable bonds is 13. The van der Waals surface area contributed by atoms with Crippen LogP contribution in [0.25, 0.3) is 5.69 Å². The summed E-state index contributed by atoms with van der Waals surface area (Å²) in [4.78, 5) is 17.0. The quantitative estimate of drug-likeness (QED) is 0.168. The molecule has 3 heterocycles. The number of aliphatic hydroxyl groups is 1. The van der Waals surface area contributed by atoms with E-state index in [-0.39, 0.29) is 16.7 Å². The zero-order chi connectivity index (χ0) is 32.1. The summed E-state index contributed by atoms with van der Waals surface area (Å²) in [6.45, 7) is 1.39. The molecule has 0 bridgehead atoms. The zero-order valence-corrected chi connectivity index (χ0v) is 26.4. The Morgan fingerprint density at radius 3 is 2.61 bits per heavy atom. The lowest BCUT2D eigenvalue weighted by Crippen LogP contribution is -2.36. The molecule has 4 aromatic rings. The van der Waals surface area contributed by atoms with E-state index in [1.807, 2.05) is 0 Å². The van der Waals surface area contributed by atoms with Gasteiger partial charge in [-0.25, -0.2) is 18.2 Å². The van der Waals surface area contributed by atoms with Crippen LogP contribution in [0, 0.1) is 5.92 Å². The predicted molar refractivity (Wildman–Crippen MR) is 173 cm³/mol. The molecule has 0 radical (unpaired) electrons. The highest BCUT2D eigenvalue weighted by molar-refractivity contribution is 7.92. The topological polar surface area (TPSA) is 179 Å². The van der Waals surface area contributed by atoms with Gasteiger partial charge in [-0.1, -0.05) is 31.7 Å². The van der Waals surface area contributed by atoms with E-state index in [2.05, 4.69) is 25.4 Å². The molecule has 46 heavy (non-hydrogen) atoms. The molecule has 2 aliphatic rings. The van der Waals surface area contributed by atoms with E-state index in [0.717, 1.165) is 24.3 Å². The number of pyridine rings is 1. The highest BCUT2D eigenvalue weighted by Gasteiger charge is 2.23. The van der Waals surface area contributed by atoms with E-state index in [9.17, 15) is 18.3 Å². The first-order chi connectivity index (χ1) is 22.2. The number of tetrazole rings is 1. The smallest absolute Gasteiger partial charge is 0.368 e. The summed E-state index contributed by atoms with van der Waals surface area (Å²) in [6.07, 6.45) is 9.21. The maximum Gasteiger partial charge on any atom is 0.368 e. The van der Waals surface area contributed by atoms with Gasteiger partial charge >= 0.3 is 5.69 Å². The van der Waals surface area contributed by atoms with Gasteiger partial charge in [-0.05, 0) is 96.1 Å². The van der Waals surface area contributed by atoms with Gasteiger partial charge in [-0.3, -0.25) is 4.72 Å². The average molecular weight is 649 g/mol. The number of nitrogens with one attached hydrogen (secondary N) is 2. The third-order valence-corrected chi connectivity index (χ3v) is 10.1. The van der Waals surface area contributed by atoms with Crippen LogP contribution in [-0.2, 0) is 23.0 Å². The Labute approximate surface area is 267 Å². The molecule has 1 aliphatic carbocycles. The van der Waals surface area contributed by atoms with Crippen molar-refractivity contribution in [2.45, 2.75) is 75.0 Å². The van der Waals surface area contributed by atoms with Gasteiger partial charge < -0.3 is 20.9 Å². The number of aryl methyl sites for hydroxylation is 2. The molecule has 14 heteroatoms. The predicted octanol–water partition coefficient (Wildman–Crippen LogP) is 3.19. The fourth-order valence-corrected chi connectivity index (χ4v) is 7.24. The first-order valence-electron chi connectivity index (χ1n) is 15.8. The fourth-order valence-electron chi connectivity index (χ4n) is 6.13. The van der Waals surface area contributed by atoms with E-state index < -0.39 is 16.1 Å². The Hall–Kier alpha value is -4.27. The van der Waals surface area contributed by atoms with Crippen LogP contribution in [0.5, 0.6) is 5.75 Å². The Morgan fingerprint density at radius 2 is 1.85 bits per heavy atom. The van der Waals surface area contributed by atoms with Gasteiger partial charge in [0.15, 0.2) is 0 Å². The third-order valence-electron chi connectivity index (χ3n) is 8.74. The van der Waals surface area contributed by atoms with Crippen molar-refractivity contribution in [3.05, 3.63) is 82.4 Å². The lowest BCUT2D eigenvalue weighted by atomic mass is 10.0. The highest BCUT2D eigenvalue weighted by Crippen LogP contribution is 2.31. The number of nitrogens with zero attached hydrogens (tertiary/aromatic N) is 5. The zero-order valence-electron chi connectivity index (χ0n) is 25.6. The van der Waals surface area contributed by atoms with E-state index in [0.29, 0.717) is 61.0 Å². The van der Waals surface area contributed by atoms with Crippen molar-refractivity contribution in [2.24, 2.45) is 5.92 Å². The fraction of sp³-hybridized carbons (Fsp3) is 0.438. The number of sulfonamides is 1. The van der Waals surface area contributed by atoms with Crippen LogP contribution in [-0.4, -0.2) is 57.5 Å². The minimum atomic E-state index is -3.87. The van der Waals surface area contributed by atoms with Crippen LogP contribution < -0.4 is 26.2 Å². The Morgan fingerprint density at radius 1 is 1.04 bits per heavy atom. The number of hydrogen-bond donors (Lipinski definition) is 4. The van der Waals surface area contributed by atoms with E-state index in [4.69, 9.17) is 10.5 Å². The normalized spacial score (nSPS) is 17.4. The van der Waals surface area contributed by atoms with Crippen molar-refractivity contribution in [1.29, 1.82) is 0 Å². The highest BCUT2D eigenvalue weighted by atomic mass is 32.2. The van der Waals surface area contributed by atoms with Crippen molar-refractivity contribution < 1.29 is 18.3 Å². The summed E-state index contributed by atoms with van der Waals surface area (Å²) >= 11 is 0. The lowest BCUT2D eigenvalue weighted by molar-refractivity contribution is 0.146. The monoisotopic (exact) mass is 648 g/mol. The molecule has 0 spiro atoms. The van der Waals surface area contributed by atoms with Gasteiger partial charge in [0, 0.05) is 37.1 Å². The second-order valence-electron chi connectivity index (χ2n) is 12.1. The first-order valence-corrected chi connectivity index (χ1v) is 17.3. The summed E-state index contributed by atoms with van der Waals surface area (Å²) in [6, 6.07) is 14.7. The van der Waals surface area contributed by atoms with E-state index >= 15 is 0 Å². The van der Waals surface area contributed by atoms with Gasteiger partial charge in [-0.15, -0.1) is 0 Å². The maximum atomic E-state index is 13.2. The Bertz CT molecular complexity index is 1780. The summed E-state index contributed by atoms with van der Waals surface area (Å²) in [5, 5.41) is 21.7. The molecule has 13 nitrogen and oxygen atoms in total. The lowest BCUT2D eigenvalue weighted by Gasteiger charge is -2.27. The van der Waals surface area contributed by atoms with Crippen LogP contribution in [0.1, 0.15) is 62.2 Å². The molecule has 1 saturated carbocycles. The van der Waals surface area contributed by atoms with Crippen molar-refractivity contribution in [3.63, 3.8) is 0 Å². The first kappa shape index (κ1) is 31.7. The number of ether oxygens (including phenoxy) is 1.